The number of halogens is 1. The molecule has 0 aliphatic heterocycles. The molecule has 2 aromatic carbocycles. The van der Waals surface area contributed by atoms with Gasteiger partial charge in [0.15, 0.2) is 5.11 Å². The van der Waals surface area contributed by atoms with Gasteiger partial charge in [-0.2, -0.15) is 5.10 Å². The smallest absolute Gasteiger partial charge is 0.191 e. The topological polar surface area (TPSA) is 58.5 Å². The van der Waals surface area contributed by atoms with E-state index in [1.165, 1.54) is 0 Å². The van der Waals surface area contributed by atoms with Crippen LogP contribution in [0.3, 0.4) is 0 Å². The minimum atomic E-state index is 0.368. The van der Waals surface area contributed by atoms with E-state index >= 15 is 0 Å². The molecule has 0 spiro atoms. The highest BCUT2D eigenvalue weighted by Crippen LogP contribution is 2.20. The van der Waals surface area contributed by atoms with Crippen molar-refractivity contribution in [3.05, 3.63) is 64.8 Å². The third-order valence-corrected chi connectivity index (χ3v) is 4.17. The first-order chi connectivity index (χ1) is 12.5. The van der Waals surface area contributed by atoms with Crippen molar-refractivity contribution in [2.45, 2.75) is 6.92 Å². The van der Waals surface area contributed by atoms with Gasteiger partial charge in [0.25, 0.3) is 0 Å². The van der Waals surface area contributed by atoms with Crippen LogP contribution in [0.25, 0.3) is 10.9 Å². The predicted octanol–water partition coefficient (Wildman–Crippen LogP) is 4.53. The molecule has 0 saturated heterocycles. The summed E-state index contributed by atoms with van der Waals surface area (Å²) in [5, 5.41) is 8.92. The lowest BCUT2D eigenvalue weighted by molar-refractivity contribution is 0.415. The van der Waals surface area contributed by atoms with Gasteiger partial charge >= 0.3 is 0 Å². The maximum absolute atomic E-state index is 6.24. The molecule has 3 aromatic rings. The molecule has 0 radical (unpaired) electrons. The molecular formula is C19H17ClN4OS. The Morgan fingerprint density at radius 3 is 2.69 bits per heavy atom. The number of hydrogen-bond acceptors (Lipinski definition) is 4. The third-order valence-electron chi connectivity index (χ3n) is 3.67. The van der Waals surface area contributed by atoms with E-state index in [0.29, 0.717) is 15.8 Å². The number of hydrazone groups is 1. The summed E-state index contributed by atoms with van der Waals surface area (Å²) in [4.78, 5) is 4.40. The number of aromatic nitrogens is 1. The summed E-state index contributed by atoms with van der Waals surface area (Å²) in [7, 11) is 1.62. The second kappa shape index (κ2) is 8.12. The summed E-state index contributed by atoms with van der Waals surface area (Å²) in [6.45, 7) is 2.02. The average molecular weight is 385 g/mol. The fourth-order valence-electron chi connectivity index (χ4n) is 2.35. The Bertz CT molecular complexity index is 973. The Kier molecular flexibility index (Phi) is 5.65. The number of rotatable bonds is 4. The highest BCUT2D eigenvalue weighted by molar-refractivity contribution is 7.80. The Morgan fingerprint density at radius 1 is 1.19 bits per heavy atom. The number of nitrogens with one attached hydrogen (secondary N) is 2. The minimum Gasteiger partial charge on any atom is -0.497 e. The molecule has 1 aromatic heterocycles. The van der Waals surface area contributed by atoms with Gasteiger partial charge in [-0.05, 0) is 61.1 Å². The standard InChI is InChI=1S/C19H17ClN4OS/c1-12-3-4-13-10-14(18(20)23-17(13)9-12)11-21-24-19(26)22-15-5-7-16(25-2)8-6-15/h3-11H,1-2H3,(H2,22,24,26). The zero-order chi connectivity index (χ0) is 18.5. The fraction of sp³-hybridized carbons (Fsp3) is 0.105. The number of anilines is 1. The molecular weight excluding hydrogens is 368 g/mol. The van der Waals surface area contributed by atoms with Gasteiger partial charge in [-0.25, -0.2) is 4.98 Å². The van der Waals surface area contributed by atoms with E-state index in [4.69, 9.17) is 28.6 Å². The molecule has 0 bridgehead atoms. The second-order valence-corrected chi connectivity index (χ2v) is 6.38. The number of pyridine rings is 1. The SMILES string of the molecule is COc1ccc(NC(=S)NN=Cc2cc3ccc(C)cc3nc2Cl)cc1. The number of fused-ring (bicyclic) bond motifs is 1. The maximum Gasteiger partial charge on any atom is 0.191 e. The van der Waals surface area contributed by atoms with Crippen LogP contribution >= 0.6 is 23.8 Å². The van der Waals surface area contributed by atoms with Crippen LogP contribution in [0.15, 0.2) is 53.6 Å². The third kappa shape index (κ3) is 4.47. The van der Waals surface area contributed by atoms with Crippen LogP contribution in [-0.4, -0.2) is 23.4 Å². The first kappa shape index (κ1) is 18.1. The van der Waals surface area contributed by atoms with Crippen molar-refractivity contribution >= 4 is 51.7 Å². The Balaban J connectivity index is 1.65. The van der Waals surface area contributed by atoms with Crippen molar-refractivity contribution in [2.24, 2.45) is 5.10 Å². The van der Waals surface area contributed by atoms with Gasteiger partial charge in [-0.15, -0.1) is 0 Å². The average Bonchev–Trinajstić information content (AvgIpc) is 2.63. The van der Waals surface area contributed by atoms with Crippen molar-refractivity contribution < 1.29 is 4.74 Å². The molecule has 0 amide bonds. The molecule has 1 heterocycles. The lowest BCUT2D eigenvalue weighted by Gasteiger charge is -2.08. The molecule has 7 heteroatoms. The lowest BCUT2D eigenvalue weighted by atomic mass is 10.1. The number of ether oxygens (including phenoxy) is 1. The minimum absolute atomic E-state index is 0.368. The maximum atomic E-state index is 6.24. The monoisotopic (exact) mass is 384 g/mol. The molecule has 132 valence electrons. The number of nitrogens with zero attached hydrogens (tertiary/aromatic N) is 2. The Hall–Kier alpha value is -2.70. The van der Waals surface area contributed by atoms with Crippen molar-refractivity contribution in [3.8, 4) is 5.75 Å². The van der Waals surface area contributed by atoms with Gasteiger partial charge in [-0.3, -0.25) is 5.43 Å². The van der Waals surface area contributed by atoms with E-state index in [2.05, 4.69) is 20.8 Å². The number of thiocarbonyl (C=S) groups is 1. The first-order valence-electron chi connectivity index (χ1n) is 7.86. The van der Waals surface area contributed by atoms with E-state index in [1.807, 2.05) is 55.5 Å². The van der Waals surface area contributed by atoms with E-state index < -0.39 is 0 Å². The molecule has 0 fully saturated rings. The Labute approximate surface area is 162 Å². The zero-order valence-corrected chi connectivity index (χ0v) is 15.9. The summed E-state index contributed by atoms with van der Waals surface area (Å²) in [6, 6.07) is 15.4. The van der Waals surface area contributed by atoms with Crippen LogP contribution in [0, 0.1) is 6.92 Å². The summed E-state index contributed by atoms with van der Waals surface area (Å²) in [5.41, 5.74) is 6.30. The molecule has 3 rings (SSSR count). The van der Waals surface area contributed by atoms with Crippen molar-refractivity contribution in [3.63, 3.8) is 0 Å². The summed E-state index contributed by atoms with van der Waals surface area (Å²) < 4.78 is 5.12. The number of hydrogen-bond donors (Lipinski definition) is 2. The molecule has 0 unspecified atom stereocenters. The number of benzene rings is 2. The van der Waals surface area contributed by atoms with E-state index in [0.717, 1.165) is 27.9 Å². The van der Waals surface area contributed by atoms with Gasteiger partial charge in [0, 0.05) is 16.6 Å². The van der Waals surface area contributed by atoms with Crippen LogP contribution in [0.5, 0.6) is 5.75 Å². The van der Waals surface area contributed by atoms with Gasteiger partial charge in [0.1, 0.15) is 10.9 Å². The second-order valence-electron chi connectivity index (χ2n) is 5.62. The van der Waals surface area contributed by atoms with E-state index in [9.17, 15) is 0 Å². The molecule has 5 nitrogen and oxygen atoms in total. The Morgan fingerprint density at radius 2 is 1.96 bits per heavy atom. The van der Waals surface area contributed by atoms with Crippen molar-refractivity contribution in [1.29, 1.82) is 0 Å². The normalized spacial score (nSPS) is 10.9. The van der Waals surface area contributed by atoms with Gasteiger partial charge in [0.05, 0.1) is 18.8 Å². The molecule has 0 aliphatic rings. The first-order valence-corrected chi connectivity index (χ1v) is 8.65. The number of aryl methyl sites for hydroxylation is 1. The van der Waals surface area contributed by atoms with E-state index in [-0.39, 0.29) is 0 Å². The summed E-state index contributed by atoms with van der Waals surface area (Å²) >= 11 is 11.5. The molecule has 26 heavy (non-hydrogen) atoms. The molecule has 0 saturated carbocycles. The molecule has 0 atom stereocenters. The van der Waals surface area contributed by atoms with Crippen LogP contribution in [0.4, 0.5) is 5.69 Å². The van der Waals surface area contributed by atoms with Crippen LogP contribution in [0.2, 0.25) is 5.15 Å². The van der Waals surface area contributed by atoms with Gasteiger partial charge in [0.2, 0.25) is 0 Å². The summed E-state index contributed by atoms with van der Waals surface area (Å²) in [5.74, 6) is 0.779. The largest absolute Gasteiger partial charge is 0.497 e. The lowest BCUT2D eigenvalue weighted by Crippen LogP contribution is -2.23. The van der Waals surface area contributed by atoms with E-state index in [1.54, 1.807) is 13.3 Å². The van der Waals surface area contributed by atoms with Gasteiger partial charge in [-0.1, -0.05) is 23.7 Å². The highest BCUT2D eigenvalue weighted by atomic mass is 35.5. The number of methoxy groups -OCH3 is 1. The molecule has 0 aliphatic carbocycles. The van der Waals surface area contributed by atoms with Crippen molar-refractivity contribution in [2.75, 3.05) is 12.4 Å². The predicted molar refractivity (Wildman–Crippen MR) is 111 cm³/mol. The van der Waals surface area contributed by atoms with Crippen LogP contribution in [-0.2, 0) is 0 Å². The van der Waals surface area contributed by atoms with Crippen molar-refractivity contribution in [1.82, 2.24) is 10.4 Å². The quantitative estimate of drug-likeness (QED) is 0.299. The highest BCUT2D eigenvalue weighted by Gasteiger charge is 2.04. The van der Waals surface area contributed by atoms with Crippen LogP contribution in [0.1, 0.15) is 11.1 Å². The summed E-state index contributed by atoms with van der Waals surface area (Å²) in [6.07, 6.45) is 1.59. The fourth-order valence-corrected chi connectivity index (χ4v) is 2.72. The zero-order valence-electron chi connectivity index (χ0n) is 14.3. The molecule has 2 N–H and O–H groups in total. The van der Waals surface area contributed by atoms with Crippen LogP contribution < -0.4 is 15.5 Å². The van der Waals surface area contributed by atoms with Gasteiger partial charge < -0.3 is 10.1 Å².